The summed E-state index contributed by atoms with van der Waals surface area (Å²) in [5.41, 5.74) is -6.73. The van der Waals surface area contributed by atoms with E-state index < -0.39 is 44.4 Å². The summed E-state index contributed by atoms with van der Waals surface area (Å²) < 4.78 is 88.2. The first kappa shape index (κ1) is 24.2. The van der Waals surface area contributed by atoms with Crippen molar-refractivity contribution in [2.45, 2.75) is 24.8 Å². The number of pyridine rings is 3. The molecule has 3 heterocycles. The van der Waals surface area contributed by atoms with Gasteiger partial charge in [0.2, 0.25) is 11.9 Å². The van der Waals surface area contributed by atoms with Gasteiger partial charge in [0, 0.05) is 5.41 Å². The number of hydrogen-bond acceptors (Lipinski definition) is 6. The highest BCUT2D eigenvalue weighted by atomic mass is 32.2. The molecule has 0 saturated heterocycles. The van der Waals surface area contributed by atoms with Crippen LogP contribution in [0, 0.1) is 11.9 Å². The van der Waals surface area contributed by atoms with Gasteiger partial charge in [-0.1, -0.05) is 12.1 Å². The molecule has 0 unspecified atom stereocenters. The molecule has 3 rings (SSSR count). The molecule has 0 bridgehead atoms. The summed E-state index contributed by atoms with van der Waals surface area (Å²) in [5, 5.41) is 0. The summed E-state index contributed by atoms with van der Waals surface area (Å²) in [6.45, 7) is 3.27. The van der Waals surface area contributed by atoms with Crippen LogP contribution in [-0.2, 0) is 15.4 Å². The van der Waals surface area contributed by atoms with E-state index in [1.165, 1.54) is 24.3 Å². The molecule has 3 aromatic heterocycles. The predicted molar refractivity (Wildman–Crippen MR) is 106 cm³/mol. The Morgan fingerprint density at radius 2 is 1.48 bits per heavy atom. The molecular formula is C20H15F5N4O3S. The Bertz CT molecular complexity index is 1330. The fourth-order valence-corrected chi connectivity index (χ4v) is 3.27. The predicted octanol–water partition coefficient (Wildman–Crippen LogP) is 3.72. The van der Waals surface area contributed by atoms with E-state index in [0.717, 1.165) is 16.9 Å². The number of amides is 1. The van der Waals surface area contributed by atoms with E-state index in [9.17, 15) is 35.2 Å². The molecule has 0 aliphatic heterocycles. The van der Waals surface area contributed by atoms with Crippen molar-refractivity contribution in [1.82, 2.24) is 19.7 Å². The number of carbonyl (C=O) groups is 1. The zero-order chi connectivity index (χ0) is 24.6. The van der Waals surface area contributed by atoms with Crippen LogP contribution in [0.1, 0.15) is 35.7 Å². The van der Waals surface area contributed by atoms with E-state index in [4.69, 9.17) is 0 Å². The van der Waals surface area contributed by atoms with Crippen LogP contribution >= 0.6 is 0 Å². The lowest BCUT2D eigenvalue weighted by Crippen LogP contribution is -2.40. The molecule has 1 amide bonds. The molecule has 0 fully saturated rings. The summed E-state index contributed by atoms with van der Waals surface area (Å²) in [7, 11) is -5.91. The van der Waals surface area contributed by atoms with Gasteiger partial charge < -0.3 is 0 Å². The van der Waals surface area contributed by atoms with Crippen LogP contribution in [0.4, 0.5) is 22.0 Å². The van der Waals surface area contributed by atoms with E-state index in [0.29, 0.717) is 5.69 Å². The summed E-state index contributed by atoms with van der Waals surface area (Å²) in [5.74, 6) is -3.63. The monoisotopic (exact) mass is 486 g/mol. The highest BCUT2D eigenvalue weighted by molar-refractivity contribution is 7.90. The Hall–Kier alpha value is -3.48. The summed E-state index contributed by atoms with van der Waals surface area (Å²) in [6.07, 6.45) is 0. The van der Waals surface area contributed by atoms with Gasteiger partial charge in [-0.15, -0.1) is 0 Å². The first-order chi connectivity index (χ1) is 15.2. The number of alkyl halides is 3. The van der Waals surface area contributed by atoms with Gasteiger partial charge in [0.1, 0.15) is 5.69 Å². The molecule has 3 aromatic rings. The average Bonchev–Trinajstić information content (AvgIpc) is 2.73. The van der Waals surface area contributed by atoms with Crippen LogP contribution in [0.5, 0.6) is 0 Å². The number of aromatic nitrogens is 3. The number of nitrogens with one attached hydrogen (secondary N) is 1. The van der Waals surface area contributed by atoms with E-state index in [1.807, 2.05) is 0 Å². The van der Waals surface area contributed by atoms with Crippen molar-refractivity contribution in [3.63, 3.8) is 0 Å². The lowest BCUT2D eigenvalue weighted by atomic mass is 9.84. The maximum Gasteiger partial charge on any atom is 0.516 e. The average molecular weight is 486 g/mol. The second-order valence-corrected chi connectivity index (χ2v) is 8.97. The minimum absolute atomic E-state index is 0.0625. The molecule has 13 heteroatoms. The van der Waals surface area contributed by atoms with Crippen LogP contribution in [0.2, 0.25) is 0 Å². The molecule has 174 valence electrons. The van der Waals surface area contributed by atoms with Crippen LogP contribution in [0.25, 0.3) is 11.3 Å². The van der Waals surface area contributed by atoms with Gasteiger partial charge in [0.15, 0.2) is 0 Å². The van der Waals surface area contributed by atoms with Crippen LogP contribution in [0.15, 0.2) is 48.5 Å². The summed E-state index contributed by atoms with van der Waals surface area (Å²) in [4.78, 5) is 23.6. The zero-order valence-corrected chi connectivity index (χ0v) is 17.8. The van der Waals surface area contributed by atoms with Crippen molar-refractivity contribution in [2.24, 2.45) is 0 Å². The molecule has 0 aliphatic carbocycles. The number of carbonyl (C=O) groups excluding carboxylic acids is 1. The lowest BCUT2D eigenvalue weighted by molar-refractivity contribution is -0.0446. The molecule has 1 N–H and O–H groups in total. The van der Waals surface area contributed by atoms with Gasteiger partial charge in [0.25, 0.3) is 5.91 Å². The molecule has 0 aliphatic rings. The maximum absolute atomic E-state index is 14.1. The van der Waals surface area contributed by atoms with Crippen molar-refractivity contribution < 1.29 is 35.2 Å². The van der Waals surface area contributed by atoms with Crippen molar-refractivity contribution >= 4 is 15.9 Å². The van der Waals surface area contributed by atoms with Gasteiger partial charge in [-0.05, 0) is 50.2 Å². The first-order valence-corrected chi connectivity index (χ1v) is 10.6. The number of halogens is 5. The fraction of sp³-hybridized carbons (Fsp3) is 0.200. The topological polar surface area (TPSA) is 102 Å². The van der Waals surface area contributed by atoms with Crippen molar-refractivity contribution in [3.05, 3.63) is 77.5 Å². The Morgan fingerprint density at radius 3 is 2.09 bits per heavy atom. The number of nitrogens with zero attached hydrogens (tertiary/aromatic N) is 3. The van der Waals surface area contributed by atoms with Gasteiger partial charge in [-0.2, -0.15) is 35.4 Å². The minimum Gasteiger partial charge on any atom is -0.266 e. The molecule has 0 saturated carbocycles. The van der Waals surface area contributed by atoms with Crippen LogP contribution in [0.3, 0.4) is 0 Å². The third-order valence-corrected chi connectivity index (χ3v) is 5.70. The van der Waals surface area contributed by atoms with Gasteiger partial charge in [-0.3, -0.25) is 9.78 Å². The number of sulfonamides is 1. The van der Waals surface area contributed by atoms with Crippen molar-refractivity contribution in [1.29, 1.82) is 0 Å². The molecule has 0 spiro atoms. The summed E-state index contributed by atoms with van der Waals surface area (Å²) in [6, 6.07) is 10.5. The van der Waals surface area contributed by atoms with Crippen molar-refractivity contribution in [2.75, 3.05) is 0 Å². The SMILES string of the molecule is CC(C)(c1cccc(C(=O)NS(=O)(=O)C(F)(F)F)n1)c1cccc(-c2ccc(F)nc2F)n1. The largest absolute Gasteiger partial charge is 0.516 e. The van der Waals surface area contributed by atoms with E-state index in [2.05, 4.69) is 15.0 Å². The molecular weight excluding hydrogens is 471 g/mol. The number of hydrogen-bond donors (Lipinski definition) is 1. The second-order valence-electron chi connectivity index (χ2n) is 7.29. The third kappa shape index (κ3) is 4.97. The first-order valence-electron chi connectivity index (χ1n) is 9.13. The highest BCUT2D eigenvalue weighted by Crippen LogP contribution is 2.31. The zero-order valence-electron chi connectivity index (χ0n) is 17.0. The molecule has 0 aromatic carbocycles. The van der Waals surface area contributed by atoms with E-state index >= 15 is 0 Å². The lowest BCUT2D eigenvalue weighted by Gasteiger charge is -2.24. The Morgan fingerprint density at radius 1 is 0.879 bits per heavy atom. The second kappa shape index (κ2) is 8.46. The van der Waals surface area contributed by atoms with Gasteiger partial charge in [-0.25, -0.2) is 9.71 Å². The Balaban J connectivity index is 1.96. The Kier molecular flexibility index (Phi) is 6.20. The van der Waals surface area contributed by atoms with E-state index in [1.54, 1.807) is 26.0 Å². The van der Waals surface area contributed by atoms with Crippen LogP contribution < -0.4 is 4.72 Å². The molecule has 0 atom stereocenters. The van der Waals surface area contributed by atoms with Gasteiger partial charge in [0.05, 0.1) is 22.6 Å². The smallest absolute Gasteiger partial charge is 0.266 e. The standard InChI is InChI=1S/C20H15F5N4O3S/c1-19(2,14-7-3-5-12(26-14)11-9-10-16(21)28-17(11)22)15-8-4-6-13(27-15)18(30)29-33(31,32)20(23,24)25/h3-10H,1-2H3,(H,29,30). The van der Waals surface area contributed by atoms with Crippen LogP contribution in [-0.4, -0.2) is 34.8 Å². The summed E-state index contributed by atoms with van der Waals surface area (Å²) >= 11 is 0. The third-order valence-electron chi connectivity index (χ3n) is 4.63. The molecule has 0 radical (unpaired) electrons. The minimum atomic E-state index is -5.91. The Labute approximate surface area is 184 Å². The normalized spacial score (nSPS) is 12.5. The van der Waals surface area contributed by atoms with Gasteiger partial charge >= 0.3 is 15.5 Å². The molecule has 7 nitrogen and oxygen atoms in total. The molecule has 33 heavy (non-hydrogen) atoms. The maximum atomic E-state index is 14.1. The quantitative estimate of drug-likeness (QED) is 0.436. The van der Waals surface area contributed by atoms with E-state index in [-0.39, 0.29) is 17.0 Å². The number of rotatable bonds is 5. The fourth-order valence-electron chi connectivity index (χ4n) is 2.81. The highest BCUT2D eigenvalue weighted by Gasteiger charge is 2.47. The van der Waals surface area contributed by atoms with Crippen molar-refractivity contribution in [3.8, 4) is 11.3 Å².